The molecule has 2 rings (SSSR count). The molecule has 0 amide bonds. The third kappa shape index (κ3) is 2.06. The van der Waals surface area contributed by atoms with Gasteiger partial charge in [0, 0.05) is 11.1 Å². The molecule has 1 heterocycles. The number of rotatable bonds is 2. The number of ether oxygens (including phenoxy) is 2. The topological polar surface area (TPSA) is 30.5 Å². The highest BCUT2D eigenvalue weighted by atomic mass is 16.5. The molecule has 1 unspecified atom stereocenters. The summed E-state index contributed by atoms with van der Waals surface area (Å²) in [6.07, 6.45) is 1.09. The van der Waals surface area contributed by atoms with E-state index < -0.39 is 0 Å². The number of hydrogen-bond acceptors (Lipinski definition) is 3. The molecule has 1 aliphatic rings. The number of methoxy groups -OCH3 is 2. The highest BCUT2D eigenvalue weighted by molar-refractivity contribution is 5.70. The van der Waals surface area contributed by atoms with Crippen LogP contribution >= 0.6 is 0 Å². The number of anilines is 1. The number of nitrogens with one attached hydrogen (secondary N) is 1. The van der Waals surface area contributed by atoms with Crippen LogP contribution in [0.1, 0.15) is 38.7 Å². The zero-order valence-electron chi connectivity index (χ0n) is 11.3. The first-order valence-electron chi connectivity index (χ1n) is 6.01. The SMILES string of the molecule is COc1ccc(OC)c2c1NC(C)(C)CC2C. The van der Waals surface area contributed by atoms with Crippen LogP contribution in [0, 0.1) is 0 Å². The van der Waals surface area contributed by atoms with Crippen LogP contribution < -0.4 is 14.8 Å². The Labute approximate surface area is 103 Å². The summed E-state index contributed by atoms with van der Waals surface area (Å²) in [5.41, 5.74) is 2.40. The highest BCUT2D eigenvalue weighted by Crippen LogP contribution is 2.47. The molecule has 0 radical (unpaired) electrons. The lowest BCUT2D eigenvalue weighted by Gasteiger charge is -2.38. The predicted octanol–water partition coefficient (Wildman–Crippen LogP) is 3.40. The standard InChI is InChI=1S/C14H21NO2/c1-9-8-14(2,3)15-13-11(17-5)7-6-10(16-4)12(9)13/h6-7,9,15H,8H2,1-5H3. The van der Waals surface area contributed by atoms with Gasteiger partial charge in [-0.2, -0.15) is 0 Å². The van der Waals surface area contributed by atoms with Crippen LogP contribution in [0.15, 0.2) is 12.1 Å². The summed E-state index contributed by atoms with van der Waals surface area (Å²) in [6.45, 7) is 6.67. The summed E-state index contributed by atoms with van der Waals surface area (Å²) in [6, 6.07) is 3.94. The molecule has 1 atom stereocenters. The molecule has 0 fully saturated rings. The third-order valence-electron chi connectivity index (χ3n) is 3.38. The van der Waals surface area contributed by atoms with Gasteiger partial charge in [-0.1, -0.05) is 6.92 Å². The Bertz CT molecular complexity index is 426. The molecular formula is C14H21NO2. The smallest absolute Gasteiger partial charge is 0.142 e. The number of hydrogen-bond donors (Lipinski definition) is 1. The van der Waals surface area contributed by atoms with Gasteiger partial charge >= 0.3 is 0 Å². The van der Waals surface area contributed by atoms with E-state index in [1.165, 1.54) is 5.56 Å². The van der Waals surface area contributed by atoms with E-state index in [0.717, 1.165) is 23.6 Å². The second-order valence-electron chi connectivity index (χ2n) is 5.37. The summed E-state index contributed by atoms with van der Waals surface area (Å²) in [7, 11) is 3.42. The quantitative estimate of drug-likeness (QED) is 0.852. The molecule has 0 aliphatic carbocycles. The normalized spacial score (nSPS) is 21.4. The van der Waals surface area contributed by atoms with Crippen molar-refractivity contribution >= 4 is 5.69 Å². The van der Waals surface area contributed by atoms with Crippen molar-refractivity contribution in [3.05, 3.63) is 17.7 Å². The van der Waals surface area contributed by atoms with Crippen molar-refractivity contribution in [2.45, 2.75) is 38.6 Å². The van der Waals surface area contributed by atoms with E-state index in [1.807, 2.05) is 12.1 Å². The molecule has 0 bridgehead atoms. The van der Waals surface area contributed by atoms with Gasteiger partial charge in [0.05, 0.1) is 19.9 Å². The molecule has 1 N–H and O–H groups in total. The molecular weight excluding hydrogens is 214 g/mol. The molecule has 3 nitrogen and oxygen atoms in total. The molecule has 3 heteroatoms. The van der Waals surface area contributed by atoms with Crippen molar-refractivity contribution in [1.82, 2.24) is 0 Å². The summed E-state index contributed by atoms with van der Waals surface area (Å²) >= 11 is 0. The van der Waals surface area contributed by atoms with Gasteiger partial charge in [0.1, 0.15) is 11.5 Å². The van der Waals surface area contributed by atoms with Crippen LogP contribution in [0.3, 0.4) is 0 Å². The first-order valence-corrected chi connectivity index (χ1v) is 6.01. The molecule has 0 aromatic heterocycles. The van der Waals surface area contributed by atoms with Gasteiger partial charge < -0.3 is 14.8 Å². The van der Waals surface area contributed by atoms with Crippen LogP contribution in [0.4, 0.5) is 5.69 Å². The Morgan fingerprint density at radius 1 is 1.18 bits per heavy atom. The summed E-state index contributed by atoms with van der Waals surface area (Å²) in [4.78, 5) is 0. The fourth-order valence-electron chi connectivity index (χ4n) is 2.80. The Balaban J connectivity index is 2.59. The van der Waals surface area contributed by atoms with E-state index in [9.17, 15) is 0 Å². The number of fused-ring (bicyclic) bond motifs is 1. The fraction of sp³-hybridized carbons (Fsp3) is 0.571. The highest BCUT2D eigenvalue weighted by Gasteiger charge is 2.33. The van der Waals surface area contributed by atoms with Crippen LogP contribution in [0.5, 0.6) is 11.5 Å². The van der Waals surface area contributed by atoms with Gasteiger partial charge in [0.2, 0.25) is 0 Å². The average molecular weight is 235 g/mol. The van der Waals surface area contributed by atoms with Gasteiger partial charge in [0.25, 0.3) is 0 Å². The van der Waals surface area contributed by atoms with Gasteiger partial charge in [-0.05, 0) is 38.3 Å². The largest absolute Gasteiger partial charge is 0.496 e. The van der Waals surface area contributed by atoms with Crippen molar-refractivity contribution < 1.29 is 9.47 Å². The Hall–Kier alpha value is -1.38. The second kappa shape index (κ2) is 4.13. The molecule has 17 heavy (non-hydrogen) atoms. The van der Waals surface area contributed by atoms with Crippen molar-refractivity contribution in [3.63, 3.8) is 0 Å². The molecule has 94 valence electrons. The maximum absolute atomic E-state index is 5.46. The minimum atomic E-state index is 0.0893. The van der Waals surface area contributed by atoms with E-state index in [0.29, 0.717) is 5.92 Å². The van der Waals surface area contributed by atoms with Gasteiger partial charge in [-0.15, -0.1) is 0 Å². The van der Waals surface area contributed by atoms with E-state index in [-0.39, 0.29) is 5.54 Å². The number of benzene rings is 1. The zero-order chi connectivity index (χ0) is 12.6. The summed E-state index contributed by atoms with van der Waals surface area (Å²) in [5.74, 6) is 2.29. The molecule has 0 saturated heterocycles. The van der Waals surface area contributed by atoms with E-state index >= 15 is 0 Å². The maximum atomic E-state index is 5.46. The lowest BCUT2D eigenvalue weighted by Crippen LogP contribution is -2.37. The molecule has 1 aliphatic heterocycles. The Kier molecular flexibility index (Phi) is 2.94. The van der Waals surface area contributed by atoms with Crippen LogP contribution in [0.25, 0.3) is 0 Å². The monoisotopic (exact) mass is 235 g/mol. The lowest BCUT2D eigenvalue weighted by molar-refractivity contribution is 0.378. The molecule has 1 aromatic rings. The lowest BCUT2D eigenvalue weighted by atomic mass is 9.81. The minimum absolute atomic E-state index is 0.0893. The van der Waals surface area contributed by atoms with Crippen LogP contribution in [-0.2, 0) is 0 Å². The molecule has 0 spiro atoms. The zero-order valence-corrected chi connectivity index (χ0v) is 11.3. The van der Waals surface area contributed by atoms with Gasteiger partial charge in [-0.3, -0.25) is 0 Å². The van der Waals surface area contributed by atoms with Crippen LogP contribution in [0.2, 0.25) is 0 Å². The fourth-order valence-corrected chi connectivity index (χ4v) is 2.80. The Morgan fingerprint density at radius 2 is 1.76 bits per heavy atom. The average Bonchev–Trinajstić information content (AvgIpc) is 2.25. The Morgan fingerprint density at radius 3 is 2.35 bits per heavy atom. The van der Waals surface area contributed by atoms with E-state index in [1.54, 1.807) is 14.2 Å². The molecule has 0 saturated carbocycles. The summed E-state index contributed by atoms with van der Waals surface area (Å²) < 4.78 is 10.9. The van der Waals surface area contributed by atoms with Crippen molar-refractivity contribution in [1.29, 1.82) is 0 Å². The molecule has 1 aromatic carbocycles. The van der Waals surface area contributed by atoms with Crippen LogP contribution in [-0.4, -0.2) is 19.8 Å². The second-order valence-corrected chi connectivity index (χ2v) is 5.37. The van der Waals surface area contributed by atoms with E-state index in [4.69, 9.17) is 9.47 Å². The first-order chi connectivity index (χ1) is 7.98. The predicted molar refractivity (Wildman–Crippen MR) is 70.3 cm³/mol. The third-order valence-corrected chi connectivity index (χ3v) is 3.38. The van der Waals surface area contributed by atoms with Crippen molar-refractivity contribution in [2.24, 2.45) is 0 Å². The van der Waals surface area contributed by atoms with Crippen molar-refractivity contribution in [3.8, 4) is 11.5 Å². The van der Waals surface area contributed by atoms with Gasteiger partial charge in [0.15, 0.2) is 0 Å². The minimum Gasteiger partial charge on any atom is -0.496 e. The summed E-state index contributed by atoms with van der Waals surface area (Å²) in [5, 5.41) is 3.56. The first kappa shape index (κ1) is 12.1. The van der Waals surface area contributed by atoms with Gasteiger partial charge in [-0.25, -0.2) is 0 Å². The van der Waals surface area contributed by atoms with E-state index in [2.05, 4.69) is 26.1 Å². The maximum Gasteiger partial charge on any atom is 0.142 e. The van der Waals surface area contributed by atoms with Crippen molar-refractivity contribution in [2.75, 3.05) is 19.5 Å².